The molecule has 0 fully saturated rings. The SMILES string of the molecule is NC(CC(=O)Cc1cncc(Br)c1)c1ccccc1. The number of carbonyl (C=O) groups is 1. The van der Waals surface area contributed by atoms with E-state index in [0.29, 0.717) is 12.8 Å². The molecule has 0 aliphatic heterocycles. The predicted octanol–water partition coefficient (Wildman–Crippen LogP) is 3.05. The highest BCUT2D eigenvalue weighted by atomic mass is 79.9. The van der Waals surface area contributed by atoms with Crippen molar-refractivity contribution in [1.82, 2.24) is 4.98 Å². The topological polar surface area (TPSA) is 56.0 Å². The summed E-state index contributed by atoms with van der Waals surface area (Å²) >= 11 is 3.34. The van der Waals surface area contributed by atoms with E-state index in [1.807, 2.05) is 36.4 Å². The summed E-state index contributed by atoms with van der Waals surface area (Å²) in [5.41, 5.74) is 7.93. The van der Waals surface area contributed by atoms with Crippen LogP contribution in [0.25, 0.3) is 0 Å². The fourth-order valence-electron chi connectivity index (χ4n) is 1.92. The molecule has 19 heavy (non-hydrogen) atoms. The lowest BCUT2D eigenvalue weighted by Gasteiger charge is -2.11. The molecule has 1 heterocycles. The molecule has 0 spiro atoms. The van der Waals surface area contributed by atoms with Crippen molar-refractivity contribution in [2.45, 2.75) is 18.9 Å². The fourth-order valence-corrected chi connectivity index (χ4v) is 2.33. The second-order valence-corrected chi connectivity index (χ2v) is 5.36. The Bertz CT molecular complexity index is 557. The van der Waals surface area contributed by atoms with E-state index < -0.39 is 0 Å². The standard InChI is InChI=1S/C15H15BrN2O/c16-13-6-11(9-18-10-13)7-14(19)8-15(17)12-4-2-1-3-5-12/h1-6,9-10,15H,7-8,17H2. The predicted molar refractivity (Wildman–Crippen MR) is 78.6 cm³/mol. The number of nitrogens with zero attached hydrogens (tertiary/aromatic N) is 1. The van der Waals surface area contributed by atoms with E-state index in [2.05, 4.69) is 20.9 Å². The number of hydrogen-bond donors (Lipinski definition) is 1. The third-order valence-corrected chi connectivity index (χ3v) is 3.27. The first-order valence-corrected chi connectivity index (χ1v) is 6.86. The molecule has 0 saturated carbocycles. The monoisotopic (exact) mass is 318 g/mol. The van der Waals surface area contributed by atoms with E-state index in [-0.39, 0.29) is 11.8 Å². The number of rotatable bonds is 5. The van der Waals surface area contributed by atoms with Gasteiger partial charge in [-0.2, -0.15) is 0 Å². The molecule has 0 radical (unpaired) electrons. The molecule has 4 heteroatoms. The Balaban J connectivity index is 1.95. The van der Waals surface area contributed by atoms with E-state index in [1.165, 1.54) is 0 Å². The summed E-state index contributed by atoms with van der Waals surface area (Å²) in [4.78, 5) is 16.0. The quantitative estimate of drug-likeness (QED) is 0.921. The van der Waals surface area contributed by atoms with Gasteiger partial charge in [0.15, 0.2) is 0 Å². The highest BCUT2D eigenvalue weighted by Gasteiger charge is 2.12. The maximum Gasteiger partial charge on any atom is 0.139 e. The van der Waals surface area contributed by atoms with Gasteiger partial charge in [-0.15, -0.1) is 0 Å². The second kappa shape index (κ2) is 6.59. The summed E-state index contributed by atoms with van der Waals surface area (Å²) in [6.45, 7) is 0. The summed E-state index contributed by atoms with van der Waals surface area (Å²) in [5, 5.41) is 0. The highest BCUT2D eigenvalue weighted by Crippen LogP contribution is 2.16. The third-order valence-electron chi connectivity index (χ3n) is 2.84. The molecular weight excluding hydrogens is 304 g/mol. The number of halogens is 1. The zero-order valence-electron chi connectivity index (χ0n) is 10.4. The van der Waals surface area contributed by atoms with Gasteiger partial charge in [0.2, 0.25) is 0 Å². The van der Waals surface area contributed by atoms with Crippen LogP contribution < -0.4 is 5.73 Å². The molecule has 3 nitrogen and oxygen atoms in total. The van der Waals surface area contributed by atoms with Crippen LogP contribution in [0.4, 0.5) is 0 Å². The first-order valence-electron chi connectivity index (χ1n) is 6.07. The summed E-state index contributed by atoms with van der Waals surface area (Å²) in [6.07, 6.45) is 4.11. The lowest BCUT2D eigenvalue weighted by molar-refractivity contribution is -0.118. The number of nitrogens with two attached hydrogens (primary N) is 1. The molecule has 0 saturated heterocycles. The summed E-state index contributed by atoms with van der Waals surface area (Å²) in [7, 11) is 0. The van der Waals surface area contributed by atoms with Crippen molar-refractivity contribution in [3.63, 3.8) is 0 Å². The Morgan fingerprint density at radius 2 is 2.00 bits per heavy atom. The van der Waals surface area contributed by atoms with E-state index >= 15 is 0 Å². The van der Waals surface area contributed by atoms with Gasteiger partial charge >= 0.3 is 0 Å². The van der Waals surface area contributed by atoms with Crippen LogP contribution in [0.2, 0.25) is 0 Å². The van der Waals surface area contributed by atoms with Crippen LogP contribution in [0.1, 0.15) is 23.6 Å². The zero-order valence-corrected chi connectivity index (χ0v) is 12.0. The maximum absolute atomic E-state index is 12.0. The van der Waals surface area contributed by atoms with Crippen LogP contribution >= 0.6 is 15.9 Å². The van der Waals surface area contributed by atoms with Gasteiger partial charge in [-0.05, 0) is 33.1 Å². The number of benzene rings is 1. The summed E-state index contributed by atoms with van der Waals surface area (Å²) in [5.74, 6) is 0.122. The number of ketones is 1. The fraction of sp³-hybridized carbons (Fsp3) is 0.200. The summed E-state index contributed by atoms with van der Waals surface area (Å²) in [6, 6.07) is 11.3. The van der Waals surface area contributed by atoms with Crippen LogP contribution in [0, 0.1) is 0 Å². The summed E-state index contributed by atoms with van der Waals surface area (Å²) < 4.78 is 0.880. The highest BCUT2D eigenvalue weighted by molar-refractivity contribution is 9.10. The first kappa shape index (κ1) is 13.9. The van der Waals surface area contributed by atoms with E-state index in [9.17, 15) is 4.79 Å². The van der Waals surface area contributed by atoms with Crippen LogP contribution in [0.3, 0.4) is 0 Å². The molecule has 1 aromatic carbocycles. The maximum atomic E-state index is 12.0. The molecule has 2 N–H and O–H groups in total. The lowest BCUT2D eigenvalue weighted by atomic mass is 9.99. The molecule has 1 atom stereocenters. The Hall–Kier alpha value is -1.52. The van der Waals surface area contributed by atoms with Gasteiger partial charge in [0, 0.05) is 35.7 Å². The number of aromatic nitrogens is 1. The Morgan fingerprint density at radius 1 is 1.26 bits per heavy atom. The van der Waals surface area contributed by atoms with Crippen molar-refractivity contribution in [2.75, 3.05) is 0 Å². The average Bonchev–Trinajstić information content (AvgIpc) is 2.39. The van der Waals surface area contributed by atoms with Gasteiger partial charge in [-0.1, -0.05) is 30.3 Å². The van der Waals surface area contributed by atoms with Gasteiger partial charge < -0.3 is 5.73 Å². The normalized spacial score (nSPS) is 12.1. The van der Waals surface area contributed by atoms with Crippen LogP contribution in [-0.2, 0) is 11.2 Å². The molecule has 2 aromatic rings. The van der Waals surface area contributed by atoms with Crippen molar-refractivity contribution < 1.29 is 4.79 Å². The smallest absolute Gasteiger partial charge is 0.139 e. The van der Waals surface area contributed by atoms with Gasteiger partial charge in [0.25, 0.3) is 0 Å². The van der Waals surface area contributed by atoms with Gasteiger partial charge in [0.1, 0.15) is 5.78 Å². The molecule has 98 valence electrons. The first-order chi connectivity index (χ1) is 9.15. The minimum Gasteiger partial charge on any atom is -0.324 e. The largest absolute Gasteiger partial charge is 0.324 e. The van der Waals surface area contributed by atoms with E-state index in [4.69, 9.17) is 5.73 Å². The van der Waals surface area contributed by atoms with Crippen LogP contribution in [-0.4, -0.2) is 10.8 Å². The second-order valence-electron chi connectivity index (χ2n) is 4.45. The molecular formula is C15H15BrN2O. The molecule has 0 bridgehead atoms. The Morgan fingerprint density at radius 3 is 2.68 bits per heavy atom. The van der Waals surface area contributed by atoms with Crippen molar-refractivity contribution >= 4 is 21.7 Å². The van der Waals surface area contributed by atoms with Crippen LogP contribution in [0.15, 0.2) is 53.3 Å². The van der Waals surface area contributed by atoms with E-state index in [1.54, 1.807) is 12.4 Å². The van der Waals surface area contributed by atoms with Gasteiger partial charge in [-0.25, -0.2) is 0 Å². The average molecular weight is 319 g/mol. The zero-order chi connectivity index (χ0) is 13.7. The Labute approximate surface area is 121 Å². The lowest BCUT2D eigenvalue weighted by Crippen LogP contribution is -2.16. The van der Waals surface area contributed by atoms with Crippen molar-refractivity contribution in [3.05, 3.63) is 64.4 Å². The molecule has 0 aliphatic rings. The molecule has 0 amide bonds. The number of Topliss-reactive ketones (excluding diaryl/α,β-unsaturated/α-hetero) is 1. The van der Waals surface area contributed by atoms with E-state index in [0.717, 1.165) is 15.6 Å². The molecule has 1 unspecified atom stereocenters. The number of hydrogen-bond acceptors (Lipinski definition) is 3. The molecule has 2 rings (SSSR count). The van der Waals surface area contributed by atoms with Crippen molar-refractivity contribution in [2.24, 2.45) is 5.73 Å². The van der Waals surface area contributed by atoms with Crippen molar-refractivity contribution in [1.29, 1.82) is 0 Å². The van der Waals surface area contributed by atoms with Crippen LogP contribution in [0.5, 0.6) is 0 Å². The minimum atomic E-state index is -0.242. The third kappa shape index (κ3) is 4.26. The Kier molecular flexibility index (Phi) is 4.82. The number of carbonyl (C=O) groups excluding carboxylic acids is 1. The van der Waals surface area contributed by atoms with Gasteiger partial charge in [-0.3, -0.25) is 9.78 Å². The molecule has 0 aliphatic carbocycles. The van der Waals surface area contributed by atoms with Crippen molar-refractivity contribution in [3.8, 4) is 0 Å². The minimum absolute atomic E-state index is 0.122. The number of pyridine rings is 1. The molecule has 1 aromatic heterocycles. The van der Waals surface area contributed by atoms with Gasteiger partial charge in [0.05, 0.1) is 0 Å².